The van der Waals surface area contributed by atoms with Gasteiger partial charge >= 0.3 is 0 Å². The van der Waals surface area contributed by atoms with Crippen LogP contribution in [0, 0.1) is 11.3 Å². The molecule has 0 amide bonds. The molecule has 0 bridgehead atoms. The van der Waals surface area contributed by atoms with Gasteiger partial charge in [0.2, 0.25) is 0 Å². The molecule has 1 aliphatic heterocycles. The van der Waals surface area contributed by atoms with Gasteiger partial charge in [-0.05, 0) is 50.4 Å². The molecule has 1 heterocycles. The fourth-order valence-corrected chi connectivity index (χ4v) is 3.24. The predicted octanol–water partition coefficient (Wildman–Crippen LogP) is 4.33. The van der Waals surface area contributed by atoms with Gasteiger partial charge < -0.3 is 4.74 Å². The molecule has 0 aromatic rings. The van der Waals surface area contributed by atoms with Crippen molar-refractivity contribution in [1.82, 2.24) is 0 Å². The summed E-state index contributed by atoms with van der Waals surface area (Å²) in [5.41, 5.74) is 2.11. The van der Waals surface area contributed by atoms with E-state index in [1.54, 1.807) is 0 Å². The third-order valence-corrected chi connectivity index (χ3v) is 4.45. The summed E-state index contributed by atoms with van der Waals surface area (Å²) in [6.45, 7) is 10.3. The van der Waals surface area contributed by atoms with Crippen LogP contribution in [0.1, 0.15) is 59.8 Å². The van der Waals surface area contributed by atoms with Gasteiger partial charge in [-0.15, -0.1) is 0 Å². The Hall–Kier alpha value is -0.300. The topological polar surface area (TPSA) is 9.23 Å². The minimum absolute atomic E-state index is 0.115. The minimum atomic E-state index is 0.115. The van der Waals surface area contributed by atoms with Gasteiger partial charge in [-0.3, -0.25) is 0 Å². The van der Waals surface area contributed by atoms with Crippen LogP contribution < -0.4 is 0 Å². The number of hydrogen-bond acceptors (Lipinski definition) is 1. The van der Waals surface area contributed by atoms with E-state index in [-0.39, 0.29) is 5.60 Å². The maximum absolute atomic E-state index is 6.06. The largest absolute Gasteiger partial charge is 0.371 e. The highest BCUT2D eigenvalue weighted by Crippen LogP contribution is 2.44. The normalized spacial score (nSPS) is 36.2. The fourth-order valence-electron chi connectivity index (χ4n) is 3.24. The second-order valence-electron chi connectivity index (χ2n) is 6.79. The van der Waals surface area contributed by atoms with Crippen molar-refractivity contribution in [2.75, 3.05) is 6.61 Å². The summed E-state index contributed by atoms with van der Waals surface area (Å²) in [6, 6.07) is 0. The molecule has 0 aromatic carbocycles. The quantitative estimate of drug-likeness (QED) is 0.554. The van der Waals surface area contributed by atoms with Crippen LogP contribution >= 0.6 is 0 Å². The first-order valence-electron chi connectivity index (χ1n) is 6.74. The summed E-state index contributed by atoms with van der Waals surface area (Å²) >= 11 is 0. The lowest BCUT2D eigenvalue weighted by Gasteiger charge is -2.44. The van der Waals surface area contributed by atoms with E-state index in [0.29, 0.717) is 5.41 Å². The highest BCUT2D eigenvalue weighted by Gasteiger charge is 2.39. The van der Waals surface area contributed by atoms with Crippen LogP contribution in [0.2, 0.25) is 0 Å². The smallest absolute Gasteiger partial charge is 0.0865 e. The lowest BCUT2D eigenvalue weighted by atomic mass is 9.68. The monoisotopic (exact) mass is 222 g/mol. The minimum Gasteiger partial charge on any atom is -0.371 e. The SMILES string of the molecule is CC1=CC2(CCC(C(C)(C)C)CC2)OCC1. The maximum Gasteiger partial charge on any atom is 0.0865 e. The van der Waals surface area contributed by atoms with Crippen molar-refractivity contribution in [2.24, 2.45) is 11.3 Å². The first-order chi connectivity index (χ1) is 7.41. The van der Waals surface area contributed by atoms with E-state index in [2.05, 4.69) is 33.8 Å². The van der Waals surface area contributed by atoms with Gasteiger partial charge in [-0.1, -0.05) is 32.4 Å². The molecule has 0 unspecified atom stereocenters. The Bertz CT molecular complexity index is 274. The van der Waals surface area contributed by atoms with Gasteiger partial charge in [0, 0.05) is 0 Å². The van der Waals surface area contributed by atoms with Crippen LogP contribution in [0.5, 0.6) is 0 Å². The van der Waals surface area contributed by atoms with E-state index in [0.717, 1.165) is 18.9 Å². The zero-order chi connectivity index (χ0) is 11.8. The number of hydrogen-bond donors (Lipinski definition) is 0. The molecule has 1 saturated carbocycles. The van der Waals surface area contributed by atoms with Gasteiger partial charge in [0.15, 0.2) is 0 Å². The second kappa shape index (κ2) is 4.18. The molecule has 2 rings (SSSR count). The van der Waals surface area contributed by atoms with Crippen LogP contribution in [0.15, 0.2) is 11.6 Å². The molecule has 0 aromatic heterocycles. The molecule has 1 fully saturated rings. The molecule has 0 saturated heterocycles. The van der Waals surface area contributed by atoms with E-state index in [9.17, 15) is 0 Å². The summed E-state index contributed by atoms with van der Waals surface area (Å²) in [4.78, 5) is 0. The van der Waals surface area contributed by atoms with Gasteiger partial charge in [0.1, 0.15) is 0 Å². The Morgan fingerprint density at radius 1 is 1.25 bits per heavy atom. The molecular formula is C15H26O. The van der Waals surface area contributed by atoms with Gasteiger partial charge in [-0.25, -0.2) is 0 Å². The highest BCUT2D eigenvalue weighted by atomic mass is 16.5. The summed E-state index contributed by atoms with van der Waals surface area (Å²) in [6.07, 6.45) is 8.65. The van der Waals surface area contributed by atoms with Crippen molar-refractivity contribution in [2.45, 2.75) is 65.4 Å². The van der Waals surface area contributed by atoms with E-state index >= 15 is 0 Å². The van der Waals surface area contributed by atoms with Gasteiger partial charge in [0.05, 0.1) is 12.2 Å². The van der Waals surface area contributed by atoms with Crippen LogP contribution in [0.25, 0.3) is 0 Å². The third-order valence-electron chi connectivity index (χ3n) is 4.45. The molecule has 1 nitrogen and oxygen atoms in total. The fraction of sp³-hybridized carbons (Fsp3) is 0.867. The van der Waals surface area contributed by atoms with Crippen molar-refractivity contribution >= 4 is 0 Å². The zero-order valence-corrected chi connectivity index (χ0v) is 11.3. The van der Waals surface area contributed by atoms with Crippen molar-refractivity contribution in [3.05, 3.63) is 11.6 Å². The van der Waals surface area contributed by atoms with Crippen LogP contribution in [0.4, 0.5) is 0 Å². The molecule has 0 atom stereocenters. The zero-order valence-electron chi connectivity index (χ0n) is 11.3. The highest BCUT2D eigenvalue weighted by molar-refractivity contribution is 5.14. The van der Waals surface area contributed by atoms with Crippen molar-refractivity contribution < 1.29 is 4.74 Å². The van der Waals surface area contributed by atoms with Crippen molar-refractivity contribution in [3.8, 4) is 0 Å². The van der Waals surface area contributed by atoms with E-state index in [1.807, 2.05) is 0 Å². The summed E-state index contributed by atoms with van der Waals surface area (Å²) < 4.78 is 6.06. The molecule has 16 heavy (non-hydrogen) atoms. The summed E-state index contributed by atoms with van der Waals surface area (Å²) in [5.74, 6) is 0.873. The summed E-state index contributed by atoms with van der Waals surface area (Å²) in [7, 11) is 0. The molecule has 0 radical (unpaired) electrons. The number of rotatable bonds is 0. The maximum atomic E-state index is 6.06. The molecule has 0 N–H and O–H groups in total. The van der Waals surface area contributed by atoms with Gasteiger partial charge in [0.25, 0.3) is 0 Å². The van der Waals surface area contributed by atoms with Crippen molar-refractivity contribution in [3.63, 3.8) is 0 Å². The van der Waals surface area contributed by atoms with Crippen molar-refractivity contribution in [1.29, 1.82) is 0 Å². The Balaban J connectivity index is 2.02. The first-order valence-corrected chi connectivity index (χ1v) is 6.74. The average molecular weight is 222 g/mol. The predicted molar refractivity (Wildman–Crippen MR) is 68.5 cm³/mol. The molecule has 1 heteroatoms. The summed E-state index contributed by atoms with van der Waals surface area (Å²) in [5, 5.41) is 0. The molecule has 92 valence electrons. The van der Waals surface area contributed by atoms with Crippen LogP contribution in [0.3, 0.4) is 0 Å². The number of ether oxygens (including phenoxy) is 1. The average Bonchev–Trinajstić information content (AvgIpc) is 2.16. The lowest BCUT2D eigenvalue weighted by molar-refractivity contribution is -0.0589. The lowest BCUT2D eigenvalue weighted by Crippen LogP contribution is -2.40. The molecule has 1 aliphatic carbocycles. The Kier molecular flexibility index (Phi) is 3.18. The van der Waals surface area contributed by atoms with E-state index in [1.165, 1.54) is 31.3 Å². The second-order valence-corrected chi connectivity index (χ2v) is 6.79. The van der Waals surface area contributed by atoms with E-state index < -0.39 is 0 Å². The molecular weight excluding hydrogens is 196 g/mol. The Labute approximate surface area is 100 Å². The van der Waals surface area contributed by atoms with Crippen LogP contribution in [-0.2, 0) is 4.74 Å². The standard InChI is InChI=1S/C15H26O/c1-12-7-10-16-15(11-12)8-5-13(6-9-15)14(2,3)4/h11,13H,5-10H2,1-4H3. The van der Waals surface area contributed by atoms with Crippen LogP contribution in [-0.4, -0.2) is 12.2 Å². The molecule has 1 spiro atoms. The van der Waals surface area contributed by atoms with E-state index in [4.69, 9.17) is 4.74 Å². The Morgan fingerprint density at radius 2 is 1.88 bits per heavy atom. The Morgan fingerprint density at radius 3 is 2.38 bits per heavy atom. The third kappa shape index (κ3) is 2.51. The molecule has 2 aliphatic rings. The van der Waals surface area contributed by atoms with Gasteiger partial charge in [-0.2, -0.15) is 0 Å². The first kappa shape index (κ1) is 12.2.